The van der Waals surface area contributed by atoms with E-state index in [9.17, 15) is 5.11 Å². The molecule has 4 rings (SSSR count). The topological polar surface area (TPSA) is 20.2 Å². The van der Waals surface area contributed by atoms with Crippen molar-refractivity contribution >= 4 is 22.6 Å². The molecule has 23 heavy (non-hydrogen) atoms. The number of aryl methyl sites for hydroxylation is 2. The minimum atomic E-state index is -1.08. The minimum absolute atomic E-state index is 0.925. The molecule has 0 heterocycles. The van der Waals surface area contributed by atoms with Crippen LogP contribution in [-0.2, 0) is 5.60 Å². The molecule has 0 amide bonds. The van der Waals surface area contributed by atoms with Crippen LogP contribution in [0.4, 0.5) is 0 Å². The molecule has 2 heteroatoms. The third-order valence-corrected chi connectivity index (χ3v) is 5.56. The van der Waals surface area contributed by atoms with Gasteiger partial charge in [0.25, 0.3) is 0 Å². The highest BCUT2D eigenvalue weighted by Gasteiger charge is 2.44. The van der Waals surface area contributed by atoms with E-state index in [2.05, 4.69) is 72.8 Å². The zero-order chi connectivity index (χ0) is 16.2. The molecule has 1 aliphatic carbocycles. The first-order chi connectivity index (χ1) is 11.0. The van der Waals surface area contributed by atoms with Gasteiger partial charge in [0, 0.05) is 14.7 Å². The second kappa shape index (κ2) is 5.18. The largest absolute Gasteiger partial charge is 0.376 e. The fourth-order valence-electron chi connectivity index (χ4n) is 3.75. The number of aliphatic hydroxyl groups is 1. The van der Waals surface area contributed by atoms with Crippen LogP contribution in [0.1, 0.15) is 27.8 Å². The predicted molar refractivity (Wildman–Crippen MR) is 103 cm³/mol. The number of rotatable bonds is 1. The Kier molecular flexibility index (Phi) is 3.36. The van der Waals surface area contributed by atoms with E-state index in [4.69, 9.17) is 0 Å². The van der Waals surface area contributed by atoms with Crippen molar-refractivity contribution in [3.05, 3.63) is 92.1 Å². The number of hydrogen-bond donors (Lipinski definition) is 1. The molecule has 1 aliphatic rings. The van der Waals surface area contributed by atoms with E-state index in [-0.39, 0.29) is 0 Å². The van der Waals surface area contributed by atoms with Crippen molar-refractivity contribution in [3.63, 3.8) is 0 Å². The molecule has 0 spiro atoms. The summed E-state index contributed by atoms with van der Waals surface area (Å²) in [5.41, 5.74) is 6.61. The van der Waals surface area contributed by atoms with Crippen LogP contribution < -0.4 is 0 Å². The van der Waals surface area contributed by atoms with Gasteiger partial charge in [-0.1, -0.05) is 48.5 Å². The summed E-state index contributed by atoms with van der Waals surface area (Å²) >= 11 is 2.29. The number of benzene rings is 3. The van der Waals surface area contributed by atoms with Crippen molar-refractivity contribution in [1.29, 1.82) is 0 Å². The summed E-state index contributed by atoms with van der Waals surface area (Å²) in [5, 5.41) is 11.8. The lowest BCUT2D eigenvalue weighted by Gasteiger charge is -2.26. The molecule has 3 aromatic carbocycles. The van der Waals surface area contributed by atoms with E-state index in [1.54, 1.807) is 0 Å². The van der Waals surface area contributed by atoms with Gasteiger partial charge in [-0.2, -0.15) is 0 Å². The SMILES string of the molecule is Cc1cccc2c1-c1c(C)cccc1C2(O)c1ccc(I)cc1. The molecule has 0 fully saturated rings. The molecule has 0 saturated carbocycles. The molecule has 0 aromatic heterocycles. The van der Waals surface area contributed by atoms with Gasteiger partial charge < -0.3 is 5.11 Å². The van der Waals surface area contributed by atoms with Crippen LogP contribution in [0.3, 0.4) is 0 Å². The average Bonchev–Trinajstić information content (AvgIpc) is 2.81. The van der Waals surface area contributed by atoms with E-state index in [1.165, 1.54) is 25.8 Å². The number of hydrogen-bond acceptors (Lipinski definition) is 1. The maximum absolute atomic E-state index is 11.8. The highest BCUT2D eigenvalue weighted by atomic mass is 127. The van der Waals surface area contributed by atoms with Gasteiger partial charge in [0.1, 0.15) is 5.60 Å². The minimum Gasteiger partial charge on any atom is -0.376 e. The van der Waals surface area contributed by atoms with Crippen LogP contribution >= 0.6 is 22.6 Å². The Hall–Kier alpha value is -1.65. The summed E-state index contributed by atoms with van der Waals surface area (Å²) in [6.07, 6.45) is 0. The van der Waals surface area contributed by atoms with Crippen LogP contribution in [0.5, 0.6) is 0 Å². The standard InChI is InChI=1S/C21H17IO/c1-13-5-3-7-17-19(13)20-14(2)6-4-8-18(20)21(17,23)15-9-11-16(22)12-10-15/h3-12,23H,1-2H3. The van der Waals surface area contributed by atoms with Gasteiger partial charge in [0.15, 0.2) is 0 Å². The fraction of sp³-hybridized carbons (Fsp3) is 0.143. The maximum Gasteiger partial charge on any atom is 0.141 e. The summed E-state index contributed by atoms with van der Waals surface area (Å²) in [5.74, 6) is 0. The van der Waals surface area contributed by atoms with E-state index < -0.39 is 5.60 Å². The van der Waals surface area contributed by atoms with Crippen molar-refractivity contribution in [2.75, 3.05) is 0 Å². The first-order valence-electron chi connectivity index (χ1n) is 7.72. The molecule has 0 radical (unpaired) electrons. The molecule has 0 unspecified atom stereocenters. The second-order valence-corrected chi connectivity index (χ2v) is 7.46. The Labute approximate surface area is 150 Å². The van der Waals surface area contributed by atoms with Crippen molar-refractivity contribution in [3.8, 4) is 11.1 Å². The fourth-order valence-corrected chi connectivity index (χ4v) is 4.11. The molecule has 1 nitrogen and oxygen atoms in total. The lowest BCUT2D eigenvalue weighted by molar-refractivity contribution is 0.130. The van der Waals surface area contributed by atoms with Crippen LogP contribution in [-0.4, -0.2) is 5.11 Å². The van der Waals surface area contributed by atoms with Gasteiger partial charge in [0.05, 0.1) is 0 Å². The summed E-state index contributed by atoms with van der Waals surface area (Å²) in [7, 11) is 0. The van der Waals surface area contributed by atoms with Gasteiger partial charge >= 0.3 is 0 Å². The molecule has 0 saturated heterocycles. The predicted octanol–water partition coefficient (Wildman–Crippen LogP) is 5.17. The smallest absolute Gasteiger partial charge is 0.141 e. The first-order valence-corrected chi connectivity index (χ1v) is 8.80. The molecular weight excluding hydrogens is 395 g/mol. The summed E-state index contributed by atoms with van der Waals surface area (Å²) in [4.78, 5) is 0. The lowest BCUT2D eigenvalue weighted by Crippen LogP contribution is -2.26. The maximum atomic E-state index is 11.8. The lowest BCUT2D eigenvalue weighted by atomic mass is 9.84. The Morgan fingerprint density at radius 3 is 1.70 bits per heavy atom. The summed E-state index contributed by atoms with van der Waals surface area (Å²) in [6, 6.07) is 20.6. The van der Waals surface area contributed by atoms with Crippen molar-refractivity contribution < 1.29 is 5.11 Å². The van der Waals surface area contributed by atoms with E-state index >= 15 is 0 Å². The number of fused-ring (bicyclic) bond motifs is 3. The third kappa shape index (κ3) is 2.01. The molecule has 0 bridgehead atoms. The van der Waals surface area contributed by atoms with Gasteiger partial charge in [-0.3, -0.25) is 0 Å². The highest BCUT2D eigenvalue weighted by Crippen LogP contribution is 2.52. The normalized spacial score (nSPS) is 14.4. The zero-order valence-electron chi connectivity index (χ0n) is 13.1. The van der Waals surface area contributed by atoms with Crippen molar-refractivity contribution in [2.24, 2.45) is 0 Å². The van der Waals surface area contributed by atoms with Crippen LogP contribution in [0, 0.1) is 17.4 Å². The second-order valence-electron chi connectivity index (χ2n) is 6.21. The van der Waals surface area contributed by atoms with Crippen LogP contribution in [0.15, 0.2) is 60.7 Å². The molecule has 3 aromatic rings. The molecule has 0 aliphatic heterocycles. The Morgan fingerprint density at radius 2 is 1.22 bits per heavy atom. The van der Waals surface area contributed by atoms with E-state index in [0.717, 1.165) is 16.7 Å². The van der Waals surface area contributed by atoms with Gasteiger partial charge in [0.2, 0.25) is 0 Å². The molecule has 114 valence electrons. The van der Waals surface area contributed by atoms with Gasteiger partial charge in [-0.05, 0) is 76.4 Å². The van der Waals surface area contributed by atoms with Crippen molar-refractivity contribution in [1.82, 2.24) is 0 Å². The third-order valence-electron chi connectivity index (χ3n) is 4.84. The van der Waals surface area contributed by atoms with Crippen molar-refractivity contribution in [2.45, 2.75) is 19.4 Å². The quantitative estimate of drug-likeness (QED) is 0.547. The Bertz CT molecular complexity index is 858. The van der Waals surface area contributed by atoms with Crippen LogP contribution in [0.25, 0.3) is 11.1 Å². The molecule has 0 atom stereocenters. The Balaban J connectivity index is 2.12. The Morgan fingerprint density at radius 1 is 0.739 bits per heavy atom. The van der Waals surface area contributed by atoms with Gasteiger partial charge in [-0.15, -0.1) is 0 Å². The zero-order valence-corrected chi connectivity index (χ0v) is 15.3. The van der Waals surface area contributed by atoms with Crippen LogP contribution in [0.2, 0.25) is 0 Å². The van der Waals surface area contributed by atoms with E-state index in [0.29, 0.717) is 0 Å². The summed E-state index contributed by atoms with van der Waals surface area (Å²) in [6.45, 7) is 4.24. The average molecular weight is 412 g/mol. The van der Waals surface area contributed by atoms with Gasteiger partial charge in [-0.25, -0.2) is 0 Å². The molecule has 1 N–H and O–H groups in total. The monoisotopic (exact) mass is 412 g/mol. The first kappa shape index (κ1) is 14.9. The van der Waals surface area contributed by atoms with E-state index in [1.807, 2.05) is 24.3 Å². The molecular formula is C21H17IO. The number of halogens is 1. The summed E-state index contributed by atoms with van der Waals surface area (Å²) < 4.78 is 1.17. The highest BCUT2D eigenvalue weighted by molar-refractivity contribution is 14.1.